The van der Waals surface area contributed by atoms with Gasteiger partial charge in [-0.15, -0.1) is 11.3 Å². The van der Waals surface area contributed by atoms with Crippen LogP contribution in [0, 0.1) is 0 Å². The average Bonchev–Trinajstić information content (AvgIpc) is 3.28. The van der Waals surface area contributed by atoms with Gasteiger partial charge in [0.2, 0.25) is 17.7 Å². The largest absolute Gasteiger partial charge is 0.383 e. The summed E-state index contributed by atoms with van der Waals surface area (Å²) in [5, 5.41) is 8.45. The summed E-state index contributed by atoms with van der Waals surface area (Å²) in [6, 6.07) is 5.94. The molecule has 0 aliphatic heterocycles. The van der Waals surface area contributed by atoms with E-state index in [9.17, 15) is 14.4 Å². The summed E-state index contributed by atoms with van der Waals surface area (Å²) >= 11 is 7.34. The Balaban J connectivity index is 2.25. The van der Waals surface area contributed by atoms with Crippen molar-refractivity contribution in [2.75, 3.05) is 25.6 Å². The fraction of sp³-hybridized carbons (Fsp3) is 0.478. The van der Waals surface area contributed by atoms with Crippen LogP contribution in [-0.4, -0.2) is 53.4 Å². The van der Waals surface area contributed by atoms with Crippen molar-refractivity contribution in [1.82, 2.24) is 15.2 Å². The second-order valence-electron chi connectivity index (χ2n) is 8.15. The molecule has 33 heavy (non-hydrogen) atoms. The predicted octanol–water partition coefficient (Wildman–Crippen LogP) is 4.04. The molecule has 1 aromatic heterocycles. The van der Waals surface area contributed by atoms with Gasteiger partial charge in [0.05, 0.1) is 6.61 Å². The highest BCUT2D eigenvalue weighted by molar-refractivity contribution is 7.13. The van der Waals surface area contributed by atoms with Gasteiger partial charge in [0, 0.05) is 48.6 Å². The Morgan fingerprint density at radius 3 is 2.48 bits per heavy atom. The van der Waals surface area contributed by atoms with Gasteiger partial charge in [-0.25, -0.2) is 4.98 Å². The highest BCUT2D eigenvalue weighted by Gasteiger charge is 2.33. The molecule has 2 rings (SSSR count). The van der Waals surface area contributed by atoms with Crippen molar-refractivity contribution >= 4 is 45.8 Å². The van der Waals surface area contributed by atoms with Crippen LogP contribution in [0.1, 0.15) is 51.6 Å². The molecule has 1 heterocycles. The van der Waals surface area contributed by atoms with Crippen LogP contribution in [0.5, 0.6) is 0 Å². The van der Waals surface area contributed by atoms with E-state index in [4.69, 9.17) is 16.3 Å². The summed E-state index contributed by atoms with van der Waals surface area (Å²) in [5.74, 6) is -0.948. The van der Waals surface area contributed by atoms with Crippen molar-refractivity contribution in [3.8, 4) is 0 Å². The molecular weight excluding hydrogens is 464 g/mol. The highest BCUT2D eigenvalue weighted by atomic mass is 35.5. The molecule has 0 aliphatic rings. The number of carbonyl (C=O) groups excluding carboxylic acids is 3. The second kappa shape index (κ2) is 12.7. The summed E-state index contributed by atoms with van der Waals surface area (Å²) in [6.45, 7) is 6.26. The summed E-state index contributed by atoms with van der Waals surface area (Å²) < 4.78 is 5.19. The average molecular weight is 495 g/mol. The van der Waals surface area contributed by atoms with Crippen LogP contribution in [0.4, 0.5) is 5.13 Å². The number of hydrogen-bond donors (Lipinski definition) is 2. The Kier molecular flexibility index (Phi) is 10.3. The number of anilines is 1. The molecule has 0 bridgehead atoms. The Morgan fingerprint density at radius 1 is 1.21 bits per heavy atom. The third-order valence-corrected chi connectivity index (χ3v) is 6.13. The second-order valence-corrected chi connectivity index (χ2v) is 9.48. The monoisotopic (exact) mass is 494 g/mol. The maximum atomic E-state index is 13.4. The fourth-order valence-corrected chi connectivity index (χ4v) is 3.70. The molecule has 1 aromatic carbocycles. The first-order chi connectivity index (χ1) is 15.7. The first kappa shape index (κ1) is 26.8. The van der Waals surface area contributed by atoms with E-state index in [1.165, 1.54) is 23.3 Å². The summed E-state index contributed by atoms with van der Waals surface area (Å²) in [4.78, 5) is 44.4. The number of amides is 3. The predicted molar refractivity (Wildman–Crippen MR) is 130 cm³/mol. The zero-order valence-corrected chi connectivity index (χ0v) is 21.0. The third kappa shape index (κ3) is 8.42. The van der Waals surface area contributed by atoms with Gasteiger partial charge in [-0.2, -0.15) is 0 Å². The summed E-state index contributed by atoms with van der Waals surface area (Å²) in [7, 11) is 1.53. The first-order valence-corrected chi connectivity index (χ1v) is 12.0. The van der Waals surface area contributed by atoms with Crippen LogP contribution in [0.15, 0.2) is 35.8 Å². The zero-order chi connectivity index (χ0) is 24.4. The van der Waals surface area contributed by atoms with Gasteiger partial charge in [-0.1, -0.05) is 30.7 Å². The number of thiazole rings is 1. The number of nitrogens with one attached hydrogen (secondary N) is 2. The summed E-state index contributed by atoms with van der Waals surface area (Å²) in [5.41, 5.74) is 0.172. The minimum atomic E-state index is -0.891. The quantitative estimate of drug-likeness (QED) is 0.464. The smallest absolute Gasteiger partial charge is 0.247 e. The van der Waals surface area contributed by atoms with Crippen LogP contribution < -0.4 is 10.6 Å². The van der Waals surface area contributed by atoms with Crippen molar-refractivity contribution in [2.24, 2.45) is 0 Å². The first-order valence-electron chi connectivity index (χ1n) is 10.7. The number of hydrogen-bond acceptors (Lipinski definition) is 6. The normalized spacial score (nSPS) is 12.2. The summed E-state index contributed by atoms with van der Waals surface area (Å²) in [6.07, 6.45) is 2.22. The van der Waals surface area contributed by atoms with Gasteiger partial charge in [0.25, 0.3) is 0 Å². The molecule has 0 radical (unpaired) electrons. The molecule has 0 spiro atoms. The van der Waals surface area contributed by atoms with Gasteiger partial charge >= 0.3 is 0 Å². The van der Waals surface area contributed by atoms with Crippen molar-refractivity contribution in [1.29, 1.82) is 0 Å². The molecule has 10 heteroatoms. The number of benzene rings is 1. The molecule has 1 atom stereocenters. The van der Waals surface area contributed by atoms with E-state index in [0.717, 1.165) is 6.42 Å². The Morgan fingerprint density at radius 2 is 1.91 bits per heavy atom. The lowest BCUT2D eigenvalue weighted by atomic mass is 9.98. The molecule has 2 aromatic rings. The van der Waals surface area contributed by atoms with E-state index >= 15 is 0 Å². The van der Waals surface area contributed by atoms with Gasteiger partial charge in [-0.05, 0) is 38.0 Å². The standard InChI is InChI=1S/C23H31ClN4O4S/c1-5-23(2,3)27-21(31)20(16-6-8-17(24)9-7-16)28(13-14-32-4)19(30)11-10-18(29)26-22-25-12-15-33-22/h6-9,12,15,20H,5,10-11,13-14H2,1-4H3,(H,27,31)(H,25,26,29). The molecule has 0 aliphatic carbocycles. The van der Waals surface area contributed by atoms with E-state index in [1.807, 2.05) is 20.8 Å². The van der Waals surface area contributed by atoms with Crippen LogP contribution in [-0.2, 0) is 19.1 Å². The lowest BCUT2D eigenvalue weighted by Crippen LogP contribution is -2.51. The van der Waals surface area contributed by atoms with Gasteiger partial charge in [-0.3, -0.25) is 14.4 Å². The van der Waals surface area contributed by atoms with Crippen LogP contribution >= 0.6 is 22.9 Å². The fourth-order valence-electron chi connectivity index (χ4n) is 3.03. The Labute approximate surface area is 203 Å². The number of rotatable bonds is 12. The topological polar surface area (TPSA) is 101 Å². The minimum Gasteiger partial charge on any atom is -0.383 e. The van der Waals surface area contributed by atoms with E-state index in [-0.39, 0.29) is 43.7 Å². The Hall–Kier alpha value is -2.49. The van der Waals surface area contributed by atoms with Crippen LogP contribution in [0.3, 0.4) is 0 Å². The van der Waals surface area contributed by atoms with Gasteiger partial charge in [0.15, 0.2) is 5.13 Å². The zero-order valence-electron chi connectivity index (χ0n) is 19.4. The molecule has 3 amide bonds. The molecule has 2 N–H and O–H groups in total. The number of ether oxygens (including phenoxy) is 1. The number of methoxy groups -OCH3 is 1. The van der Waals surface area contributed by atoms with Crippen LogP contribution in [0.25, 0.3) is 0 Å². The van der Waals surface area contributed by atoms with E-state index in [0.29, 0.717) is 15.7 Å². The van der Waals surface area contributed by atoms with E-state index in [2.05, 4.69) is 15.6 Å². The van der Waals surface area contributed by atoms with E-state index in [1.54, 1.807) is 35.8 Å². The number of carbonyl (C=O) groups is 3. The molecule has 0 fully saturated rings. The molecule has 180 valence electrons. The maximum Gasteiger partial charge on any atom is 0.247 e. The van der Waals surface area contributed by atoms with Crippen molar-refractivity contribution in [3.05, 3.63) is 46.4 Å². The third-order valence-electron chi connectivity index (χ3n) is 5.19. The Bertz CT molecular complexity index is 919. The van der Waals surface area contributed by atoms with Crippen molar-refractivity contribution in [2.45, 2.75) is 51.6 Å². The molecule has 1 unspecified atom stereocenters. The lowest BCUT2D eigenvalue weighted by molar-refractivity contribution is -0.142. The SMILES string of the molecule is CCC(C)(C)NC(=O)C(c1ccc(Cl)cc1)N(CCOC)C(=O)CCC(=O)Nc1nccs1. The van der Waals surface area contributed by atoms with Crippen molar-refractivity contribution < 1.29 is 19.1 Å². The molecule has 0 saturated carbocycles. The molecule has 0 saturated heterocycles. The molecular formula is C23H31ClN4O4S. The lowest BCUT2D eigenvalue weighted by Gasteiger charge is -2.34. The number of aromatic nitrogens is 1. The number of nitrogens with zero attached hydrogens (tertiary/aromatic N) is 2. The minimum absolute atomic E-state index is 0.0305. The van der Waals surface area contributed by atoms with Crippen LogP contribution in [0.2, 0.25) is 5.02 Å². The maximum absolute atomic E-state index is 13.4. The number of halogens is 1. The van der Waals surface area contributed by atoms with E-state index < -0.39 is 11.6 Å². The molecule has 8 nitrogen and oxygen atoms in total. The van der Waals surface area contributed by atoms with Crippen molar-refractivity contribution in [3.63, 3.8) is 0 Å². The van der Waals surface area contributed by atoms with Gasteiger partial charge < -0.3 is 20.3 Å². The highest BCUT2D eigenvalue weighted by Crippen LogP contribution is 2.25. The van der Waals surface area contributed by atoms with Gasteiger partial charge in [0.1, 0.15) is 6.04 Å².